The van der Waals surface area contributed by atoms with Gasteiger partial charge in [0.25, 0.3) is 5.91 Å². The first-order chi connectivity index (χ1) is 16.7. The van der Waals surface area contributed by atoms with Gasteiger partial charge in [0.15, 0.2) is 5.76 Å². The van der Waals surface area contributed by atoms with Gasteiger partial charge in [-0.1, -0.05) is 18.2 Å². The molecular weight excluding hydrogens is 446 g/mol. The molecule has 5 rings (SSSR count). The Morgan fingerprint density at radius 2 is 1.97 bits per heavy atom. The fraction of sp³-hybridized carbons (Fsp3) is 0.259. The van der Waals surface area contributed by atoms with E-state index >= 15 is 0 Å². The number of pyridine rings is 1. The van der Waals surface area contributed by atoms with E-state index < -0.39 is 0 Å². The maximum absolute atomic E-state index is 12.9. The van der Waals surface area contributed by atoms with Crippen molar-refractivity contribution in [3.63, 3.8) is 0 Å². The van der Waals surface area contributed by atoms with Gasteiger partial charge in [-0.15, -0.1) is 11.3 Å². The lowest BCUT2D eigenvalue weighted by Gasteiger charge is -2.24. The Bertz CT molecular complexity index is 1230. The number of benzene rings is 1. The predicted octanol–water partition coefficient (Wildman–Crippen LogP) is 6.47. The number of aryl methyl sites for hydroxylation is 1. The van der Waals surface area contributed by atoms with Gasteiger partial charge < -0.3 is 19.8 Å². The van der Waals surface area contributed by atoms with Crippen LogP contribution in [0, 0.1) is 0 Å². The monoisotopic (exact) mass is 473 g/mol. The predicted molar refractivity (Wildman–Crippen MR) is 135 cm³/mol. The minimum absolute atomic E-state index is 0.185. The second kappa shape index (κ2) is 10.1. The van der Waals surface area contributed by atoms with Crippen molar-refractivity contribution in [3.05, 3.63) is 94.4 Å². The molecule has 7 heteroatoms. The third-order valence-electron chi connectivity index (χ3n) is 5.95. The van der Waals surface area contributed by atoms with Gasteiger partial charge in [0.05, 0.1) is 18.9 Å². The minimum Gasteiger partial charge on any atom is -0.494 e. The quantitative estimate of drug-likeness (QED) is 0.307. The lowest BCUT2D eigenvalue weighted by Crippen LogP contribution is -2.18. The highest BCUT2D eigenvalue weighted by Gasteiger charge is 2.29. The summed E-state index contributed by atoms with van der Waals surface area (Å²) in [4.78, 5) is 18.8. The number of hydrogen-bond donors (Lipinski definition) is 2. The zero-order chi connectivity index (χ0) is 23.3. The molecule has 1 aliphatic rings. The van der Waals surface area contributed by atoms with Gasteiger partial charge in [-0.2, -0.15) is 0 Å². The van der Waals surface area contributed by atoms with Crippen molar-refractivity contribution in [2.45, 2.75) is 38.6 Å². The number of rotatable bonds is 8. The van der Waals surface area contributed by atoms with E-state index in [1.54, 1.807) is 29.7 Å². The number of amides is 1. The number of carbonyl (C=O) groups is 1. The second-order valence-corrected chi connectivity index (χ2v) is 9.28. The van der Waals surface area contributed by atoms with Crippen LogP contribution in [0.2, 0.25) is 0 Å². The van der Waals surface area contributed by atoms with Gasteiger partial charge in [-0.3, -0.25) is 4.79 Å². The Balaban J connectivity index is 1.59. The Labute approximate surface area is 203 Å². The summed E-state index contributed by atoms with van der Waals surface area (Å²) in [7, 11) is 0. The van der Waals surface area contributed by atoms with Crippen LogP contribution in [-0.4, -0.2) is 17.5 Å². The van der Waals surface area contributed by atoms with Gasteiger partial charge in [0, 0.05) is 16.6 Å². The molecule has 1 aromatic carbocycles. The Morgan fingerprint density at radius 1 is 1.12 bits per heavy atom. The van der Waals surface area contributed by atoms with Gasteiger partial charge in [0.2, 0.25) is 0 Å². The summed E-state index contributed by atoms with van der Waals surface area (Å²) in [6.45, 7) is 2.60. The van der Waals surface area contributed by atoms with Crippen LogP contribution in [0.15, 0.2) is 71.5 Å². The molecule has 0 saturated carbocycles. The number of carbonyl (C=O) groups excluding carboxylic acids is 1. The summed E-state index contributed by atoms with van der Waals surface area (Å²) in [5.41, 5.74) is 3.51. The number of furan rings is 1. The first-order valence-corrected chi connectivity index (χ1v) is 12.4. The van der Waals surface area contributed by atoms with Gasteiger partial charge in [0.1, 0.15) is 16.6 Å². The first-order valence-electron chi connectivity index (χ1n) is 11.6. The maximum Gasteiger partial charge on any atom is 0.291 e. The summed E-state index contributed by atoms with van der Waals surface area (Å²) in [5.74, 6) is 1.67. The Hall–Kier alpha value is -3.58. The number of anilines is 2. The van der Waals surface area contributed by atoms with Crippen molar-refractivity contribution in [2.75, 3.05) is 17.2 Å². The van der Waals surface area contributed by atoms with Crippen LogP contribution in [0.4, 0.5) is 10.8 Å². The van der Waals surface area contributed by atoms with Crippen LogP contribution in [-0.2, 0) is 12.8 Å². The largest absolute Gasteiger partial charge is 0.494 e. The third-order valence-corrected chi connectivity index (χ3v) is 7.18. The average molecular weight is 474 g/mol. The van der Waals surface area contributed by atoms with Crippen molar-refractivity contribution < 1.29 is 13.9 Å². The summed E-state index contributed by atoms with van der Waals surface area (Å²) in [6.07, 6.45) is 7.63. The van der Waals surface area contributed by atoms with Crippen molar-refractivity contribution in [1.82, 2.24) is 4.98 Å². The fourth-order valence-corrected chi connectivity index (χ4v) is 5.73. The number of thiophene rings is 1. The van der Waals surface area contributed by atoms with Crippen LogP contribution in [0.25, 0.3) is 0 Å². The highest BCUT2D eigenvalue weighted by atomic mass is 32.1. The number of aromatic nitrogens is 1. The molecule has 174 valence electrons. The molecule has 1 aliphatic carbocycles. The molecule has 2 N–H and O–H groups in total. The van der Waals surface area contributed by atoms with Crippen molar-refractivity contribution in [3.8, 4) is 5.75 Å². The molecule has 0 spiro atoms. The third kappa shape index (κ3) is 4.70. The molecule has 1 atom stereocenters. The zero-order valence-corrected chi connectivity index (χ0v) is 19.9. The van der Waals surface area contributed by atoms with E-state index in [1.807, 2.05) is 37.3 Å². The van der Waals surface area contributed by atoms with E-state index in [0.717, 1.165) is 47.0 Å². The average Bonchev–Trinajstić information content (AvgIpc) is 3.52. The number of nitrogens with zero attached hydrogens (tertiary/aromatic N) is 1. The van der Waals surface area contributed by atoms with Crippen molar-refractivity contribution >= 4 is 28.1 Å². The number of fused-ring (bicyclic) bond motifs is 1. The van der Waals surface area contributed by atoms with E-state index in [1.165, 1.54) is 23.1 Å². The highest BCUT2D eigenvalue weighted by molar-refractivity contribution is 7.16. The fourth-order valence-electron chi connectivity index (χ4n) is 4.40. The van der Waals surface area contributed by atoms with E-state index in [4.69, 9.17) is 9.15 Å². The number of hydrogen-bond acceptors (Lipinski definition) is 6. The number of ether oxygens (including phenoxy) is 1. The smallest absolute Gasteiger partial charge is 0.291 e. The van der Waals surface area contributed by atoms with Crippen LogP contribution >= 0.6 is 11.3 Å². The number of nitrogens with one attached hydrogen (secondary N) is 2. The van der Waals surface area contributed by atoms with Gasteiger partial charge >= 0.3 is 0 Å². The van der Waals surface area contributed by atoms with Crippen LogP contribution in [0.3, 0.4) is 0 Å². The summed E-state index contributed by atoms with van der Waals surface area (Å²) in [5, 5.41) is 7.62. The molecule has 4 aromatic rings. The zero-order valence-electron chi connectivity index (χ0n) is 19.0. The van der Waals surface area contributed by atoms with E-state index in [9.17, 15) is 4.79 Å². The molecule has 0 radical (unpaired) electrons. The maximum atomic E-state index is 12.9. The second-order valence-electron chi connectivity index (χ2n) is 8.18. The van der Waals surface area contributed by atoms with Crippen LogP contribution in [0.5, 0.6) is 5.75 Å². The molecule has 3 heterocycles. The van der Waals surface area contributed by atoms with Crippen LogP contribution in [0.1, 0.15) is 57.9 Å². The molecule has 0 saturated heterocycles. The molecule has 34 heavy (non-hydrogen) atoms. The molecular formula is C27H27N3O3S. The molecule has 0 unspecified atom stereocenters. The van der Waals surface area contributed by atoms with E-state index in [2.05, 4.69) is 27.8 Å². The van der Waals surface area contributed by atoms with Crippen molar-refractivity contribution in [2.24, 2.45) is 0 Å². The van der Waals surface area contributed by atoms with Crippen molar-refractivity contribution in [1.29, 1.82) is 0 Å². The lowest BCUT2D eigenvalue weighted by molar-refractivity contribution is 0.0997. The van der Waals surface area contributed by atoms with E-state index in [0.29, 0.717) is 12.4 Å². The summed E-state index contributed by atoms with van der Waals surface area (Å²) >= 11 is 1.67. The van der Waals surface area contributed by atoms with E-state index in [-0.39, 0.29) is 11.9 Å². The van der Waals surface area contributed by atoms with Gasteiger partial charge in [-0.25, -0.2) is 4.98 Å². The topological polar surface area (TPSA) is 76.4 Å². The Morgan fingerprint density at radius 3 is 2.71 bits per heavy atom. The molecule has 0 aliphatic heterocycles. The summed E-state index contributed by atoms with van der Waals surface area (Å²) < 4.78 is 11.0. The Kier molecular flexibility index (Phi) is 6.62. The summed E-state index contributed by atoms with van der Waals surface area (Å²) in [6, 6.07) is 17.2. The molecule has 3 aromatic heterocycles. The highest BCUT2D eigenvalue weighted by Crippen LogP contribution is 2.44. The van der Waals surface area contributed by atoms with Crippen LogP contribution < -0.4 is 15.4 Å². The molecule has 1 amide bonds. The normalized spacial score (nSPS) is 13.7. The molecule has 0 bridgehead atoms. The standard InChI is InChI=1S/C27H27N3O3S/c1-2-32-19-14-12-18(13-15-19)25(29-23-11-5-6-16-28-23)24-20-8-3-4-10-22(20)34-27(24)30-26(31)21-9-7-17-33-21/h5-7,9,11-17,25H,2-4,8,10H2,1H3,(H,28,29)(H,30,31)/t25-/m1/s1. The first kappa shape index (κ1) is 22.2. The SMILES string of the molecule is CCOc1ccc([C@@H](Nc2ccccn2)c2c(NC(=O)c3ccco3)sc3c2CCCC3)cc1. The minimum atomic E-state index is -0.242. The molecule has 0 fully saturated rings. The lowest BCUT2D eigenvalue weighted by atomic mass is 9.89. The molecule has 6 nitrogen and oxygen atoms in total. The van der Waals surface area contributed by atoms with Gasteiger partial charge in [-0.05, 0) is 80.1 Å².